The summed E-state index contributed by atoms with van der Waals surface area (Å²) in [5.74, 6) is 7.36. The molecule has 1 heteroatoms. The van der Waals surface area contributed by atoms with Crippen LogP contribution in [0.25, 0.3) is 10.8 Å². The van der Waals surface area contributed by atoms with Gasteiger partial charge in [-0.2, -0.15) is 0 Å². The summed E-state index contributed by atoms with van der Waals surface area (Å²) >= 11 is 0. The van der Waals surface area contributed by atoms with E-state index in [4.69, 9.17) is 4.74 Å². The van der Waals surface area contributed by atoms with E-state index in [0.29, 0.717) is 6.61 Å². The first-order valence-corrected chi connectivity index (χ1v) is 8.56. The summed E-state index contributed by atoms with van der Waals surface area (Å²) in [7, 11) is 0. The van der Waals surface area contributed by atoms with Crippen LogP contribution in [0.4, 0.5) is 0 Å². The number of benzene rings is 3. The summed E-state index contributed by atoms with van der Waals surface area (Å²) in [6.45, 7) is 4.88. The minimum atomic E-state index is 0.683. The van der Waals surface area contributed by atoms with Crippen LogP contribution in [0, 0.1) is 11.8 Å². The lowest BCUT2D eigenvalue weighted by Crippen LogP contribution is -1.90. The number of hydrogen-bond donors (Lipinski definition) is 0. The van der Waals surface area contributed by atoms with Crippen LogP contribution < -0.4 is 4.74 Å². The molecule has 3 aromatic carbocycles. The highest BCUT2D eigenvalue weighted by Gasteiger charge is 1.98. The number of fused-ring (bicyclic) bond motifs is 1. The molecule has 0 saturated carbocycles. The number of hydrogen-bond acceptors (Lipinski definition) is 1. The van der Waals surface area contributed by atoms with Crippen molar-refractivity contribution in [3.63, 3.8) is 0 Å². The molecule has 0 saturated heterocycles. The van der Waals surface area contributed by atoms with Crippen molar-refractivity contribution >= 4 is 10.8 Å². The molecule has 0 bridgehead atoms. The van der Waals surface area contributed by atoms with E-state index < -0.39 is 0 Å². The highest BCUT2D eigenvalue weighted by molar-refractivity contribution is 5.84. The van der Waals surface area contributed by atoms with E-state index >= 15 is 0 Å². The van der Waals surface area contributed by atoms with Gasteiger partial charge in [0.2, 0.25) is 0 Å². The van der Waals surface area contributed by atoms with E-state index in [1.807, 2.05) is 31.2 Å². The van der Waals surface area contributed by atoms with Crippen LogP contribution in [-0.4, -0.2) is 6.61 Å². The molecule has 0 aliphatic carbocycles. The molecule has 0 aliphatic heterocycles. The van der Waals surface area contributed by atoms with Crippen molar-refractivity contribution < 1.29 is 4.74 Å². The molecule has 0 atom stereocenters. The maximum absolute atomic E-state index is 5.45. The quantitative estimate of drug-likeness (QED) is 0.570. The molecule has 0 aliphatic rings. The molecule has 0 spiro atoms. The van der Waals surface area contributed by atoms with E-state index in [9.17, 15) is 0 Å². The van der Waals surface area contributed by atoms with Crippen molar-refractivity contribution in [2.75, 3.05) is 6.61 Å². The first-order valence-electron chi connectivity index (χ1n) is 8.56. The Kier molecular flexibility index (Phi) is 5.18. The van der Waals surface area contributed by atoms with Gasteiger partial charge in [0.1, 0.15) is 5.75 Å². The van der Waals surface area contributed by atoms with Gasteiger partial charge in [0, 0.05) is 11.1 Å². The van der Waals surface area contributed by atoms with Crippen molar-refractivity contribution in [2.24, 2.45) is 0 Å². The maximum atomic E-state index is 5.45. The second-order valence-electron chi connectivity index (χ2n) is 5.85. The Balaban J connectivity index is 1.81. The molecular formula is C23H22O. The van der Waals surface area contributed by atoms with Crippen molar-refractivity contribution in [3.8, 4) is 17.6 Å². The molecule has 0 aromatic heterocycles. The first kappa shape index (κ1) is 16.1. The van der Waals surface area contributed by atoms with Crippen LogP contribution in [0.2, 0.25) is 0 Å². The summed E-state index contributed by atoms with van der Waals surface area (Å²) in [4.78, 5) is 0. The van der Waals surface area contributed by atoms with Gasteiger partial charge >= 0.3 is 0 Å². The second kappa shape index (κ2) is 7.70. The molecule has 3 rings (SSSR count). The van der Waals surface area contributed by atoms with Crippen LogP contribution in [0.15, 0.2) is 60.7 Å². The predicted molar refractivity (Wildman–Crippen MR) is 102 cm³/mol. The van der Waals surface area contributed by atoms with Crippen LogP contribution in [0.3, 0.4) is 0 Å². The summed E-state index contributed by atoms with van der Waals surface area (Å²) in [6, 6.07) is 21.0. The summed E-state index contributed by atoms with van der Waals surface area (Å²) in [6.07, 6.45) is 2.31. The zero-order chi connectivity index (χ0) is 16.8. The number of rotatable bonds is 4. The van der Waals surface area contributed by atoms with Gasteiger partial charge in [0.25, 0.3) is 0 Å². The van der Waals surface area contributed by atoms with Gasteiger partial charge in [-0.1, -0.05) is 49.5 Å². The third-order valence-corrected chi connectivity index (χ3v) is 3.96. The number of ether oxygens (including phenoxy) is 1. The molecule has 3 aromatic rings. The van der Waals surface area contributed by atoms with Gasteiger partial charge in [-0.3, -0.25) is 0 Å². The third kappa shape index (κ3) is 3.97. The second-order valence-corrected chi connectivity index (χ2v) is 5.85. The summed E-state index contributed by atoms with van der Waals surface area (Å²) in [5, 5.41) is 2.53. The minimum absolute atomic E-state index is 0.683. The monoisotopic (exact) mass is 314 g/mol. The van der Waals surface area contributed by atoms with Gasteiger partial charge in [0.15, 0.2) is 0 Å². The first-order chi connectivity index (χ1) is 11.8. The fourth-order valence-corrected chi connectivity index (χ4v) is 2.76. The Morgan fingerprint density at radius 2 is 1.42 bits per heavy atom. The van der Waals surface area contributed by atoms with Crippen molar-refractivity contribution in [1.82, 2.24) is 0 Å². The van der Waals surface area contributed by atoms with Gasteiger partial charge < -0.3 is 4.74 Å². The highest BCUT2D eigenvalue weighted by Crippen LogP contribution is 2.19. The lowest BCUT2D eigenvalue weighted by atomic mass is 10.0. The molecule has 0 amide bonds. The van der Waals surface area contributed by atoms with Crippen LogP contribution >= 0.6 is 0 Å². The van der Waals surface area contributed by atoms with E-state index in [2.05, 4.69) is 55.2 Å². The smallest absolute Gasteiger partial charge is 0.119 e. The zero-order valence-electron chi connectivity index (χ0n) is 14.3. The average molecular weight is 314 g/mol. The molecule has 0 fully saturated rings. The minimum Gasteiger partial charge on any atom is -0.494 e. The van der Waals surface area contributed by atoms with E-state index in [1.165, 1.54) is 22.8 Å². The largest absolute Gasteiger partial charge is 0.494 e. The normalized spacial score (nSPS) is 10.2. The Labute approximate surface area is 144 Å². The Morgan fingerprint density at radius 3 is 2.17 bits per heavy atom. The molecule has 0 radical (unpaired) electrons. The van der Waals surface area contributed by atoms with Crippen molar-refractivity contribution in [1.29, 1.82) is 0 Å². The Morgan fingerprint density at radius 1 is 0.750 bits per heavy atom. The van der Waals surface area contributed by atoms with Gasteiger partial charge in [0.05, 0.1) is 6.61 Å². The highest BCUT2D eigenvalue weighted by atomic mass is 16.5. The standard InChI is InChI=1S/C23H22O/c1-3-5-19-8-12-22-17-20(9-13-21(22)16-19)7-6-18-10-14-23(15-11-18)24-4-2/h8-17H,3-5H2,1-2H3. The van der Waals surface area contributed by atoms with Crippen molar-refractivity contribution in [2.45, 2.75) is 26.7 Å². The van der Waals surface area contributed by atoms with Crippen molar-refractivity contribution in [3.05, 3.63) is 77.4 Å². The SMILES string of the molecule is CCCc1ccc2cc(C#Cc3ccc(OCC)cc3)ccc2c1. The predicted octanol–water partition coefficient (Wildman–Crippen LogP) is 5.59. The van der Waals surface area contributed by atoms with Gasteiger partial charge in [-0.05, 0) is 66.1 Å². The average Bonchev–Trinajstić information content (AvgIpc) is 2.61. The Hall–Kier alpha value is -2.72. The summed E-state index contributed by atoms with van der Waals surface area (Å²) in [5.41, 5.74) is 3.44. The fourth-order valence-electron chi connectivity index (χ4n) is 2.76. The molecule has 24 heavy (non-hydrogen) atoms. The zero-order valence-corrected chi connectivity index (χ0v) is 14.3. The topological polar surface area (TPSA) is 9.23 Å². The number of aryl methyl sites for hydroxylation is 1. The summed E-state index contributed by atoms with van der Waals surface area (Å²) < 4.78 is 5.45. The van der Waals surface area contributed by atoms with Crippen LogP contribution in [0.5, 0.6) is 5.75 Å². The Bertz CT molecular complexity index is 879. The molecule has 120 valence electrons. The lowest BCUT2D eigenvalue weighted by Gasteiger charge is -2.03. The molecule has 0 unspecified atom stereocenters. The van der Waals surface area contributed by atoms with Crippen LogP contribution in [0.1, 0.15) is 37.0 Å². The van der Waals surface area contributed by atoms with E-state index in [1.54, 1.807) is 0 Å². The van der Waals surface area contributed by atoms with Crippen LogP contribution in [-0.2, 0) is 6.42 Å². The van der Waals surface area contributed by atoms with E-state index in [-0.39, 0.29) is 0 Å². The fraction of sp³-hybridized carbons (Fsp3) is 0.217. The third-order valence-electron chi connectivity index (χ3n) is 3.96. The van der Waals surface area contributed by atoms with Gasteiger partial charge in [-0.25, -0.2) is 0 Å². The van der Waals surface area contributed by atoms with Gasteiger partial charge in [-0.15, -0.1) is 0 Å². The maximum Gasteiger partial charge on any atom is 0.119 e. The molecule has 1 nitrogen and oxygen atoms in total. The lowest BCUT2D eigenvalue weighted by molar-refractivity contribution is 0.340. The van der Waals surface area contributed by atoms with E-state index in [0.717, 1.165) is 23.3 Å². The molecular weight excluding hydrogens is 292 g/mol. The molecule has 0 heterocycles. The molecule has 0 N–H and O–H groups in total.